The predicted octanol–water partition coefficient (Wildman–Crippen LogP) is 1.70. The van der Waals surface area contributed by atoms with E-state index in [1.807, 2.05) is 0 Å². The Balaban J connectivity index is 3.24. The number of carbonyl (C=O) groups is 1. The van der Waals surface area contributed by atoms with Gasteiger partial charge in [0.1, 0.15) is 10.9 Å². The molecule has 0 aliphatic rings. The van der Waals surface area contributed by atoms with Crippen molar-refractivity contribution >= 4 is 17.4 Å². The van der Waals surface area contributed by atoms with Crippen molar-refractivity contribution in [2.24, 2.45) is 11.7 Å². The molecule has 0 aliphatic heterocycles. The highest BCUT2D eigenvalue weighted by Crippen LogP contribution is 2.29. The predicted molar refractivity (Wildman–Crippen MR) is 68.2 cm³/mol. The number of ketones is 1. The number of hydrogen-bond donors (Lipinski definition) is 1. The Hall–Kier alpha value is -2.27. The van der Waals surface area contributed by atoms with Crippen LogP contribution in [0.3, 0.4) is 0 Å². The molecule has 1 rings (SSSR count). The van der Waals surface area contributed by atoms with Crippen LogP contribution >= 0.6 is 11.6 Å². The minimum absolute atomic E-state index is 0.256. The number of halogens is 4. The molecule has 0 bridgehead atoms. The van der Waals surface area contributed by atoms with Crippen LogP contribution in [0.1, 0.15) is 5.56 Å². The summed E-state index contributed by atoms with van der Waals surface area (Å²) in [6.45, 7) is 2.46. The molecular weight excluding hydrogens is 311 g/mol. The van der Waals surface area contributed by atoms with Gasteiger partial charge in [0.25, 0.3) is 5.56 Å². The molecule has 0 radical (unpaired) electrons. The first-order valence-corrected chi connectivity index (χ1v) is 5.79. The molecule has 1 aromatic heterocycles. The summed E-state index contributed by atoms with van der Waals surface area (Å²) in [7, 11) is 0. The molecule has 9 heteroatoms. The van der Waals surface area contributed by atoms with Gasteiger partial charge in [-0.25, -0.2) is 0 Å². The molecule has 1 aromatic rings. The second kappa shape index (κ2) is 6.01. The van der Waals surface area contributed by atoms with E-state index < -0.39 is 40.6 Å². The van der Waals surface area contributed by atoms with Crippen LogP contribution in [0, 0.1) is 17.2 Å². The third-order valence-electron chi connectivity index (χ3n) is 2.52. The van der Waals surface area contributed by atoms with Gasteiger partial charge in [0.15, 0.2) is 5.78 Å². The van der Waals surface area contributed by atoms with Gasteiger partial charge in [-0.3, -0.25) is 9.59 Å². The number of hydrogen-bond acceptors (Lipinski definition) is 4. The van der Waals surface area contributed by atoms with E-state index in [4.69, 9.17) is 22.6 Å². The van der Waals surface area contributed by atoms with E-state index in [1.165, 1.54) is 0 Å². The van der Waals surface area contributed by atoms with Crippen LogP contribution in [0.4, 0.5) is 13.2 Å². The first kappa shape index (κ1) is 16.8. The summed E-state index contributed by atoms with van der Waals surface area (Å²) >= 11 is 5.43. The van der Waals surface area contributed by atoms with Gasteiger partial charge in [-0.1, -0.05) is 18.2 Å². The van der Waals surface area contributed by atoms with E-state index in [1.54, 1.807) is 6.07 Å². The number of allylic oxidation sites excluding steroid dienone is 1. The highest BCUT2D eigenvalue weighted by atomic mass is 35.5. The molecule has 112 valence electrons. The zero-order chi connectivity index (χ0) is 16.4. The molecule has 0 unspecified atom stereocenters. The fraction of sp³-hybridized carbons (Fsp3) is 0.250. The number of rotatable bonds is 4. The summed E-state index contributed by atoms with van der Waals surface area (Å²) in [6, 6.07) is 2.02. The fourth-order valence-electron chi connectivity index (χ4n) is 1.49. The molecule has 0 aromatic carbocycles. The van der Waals surface area contributed by atoms with Crippen molar-refractivity contribution < 1.29 is 18.0 Å². The van der Waals surface area contributed by atoms with Crippen LogP contribution < -0.4 is 11.3 Å². The second-order valence-electron chi connectivity index (χ2n) is 4.11. The number of carbonyl (C=O) groups excluding carboxylic acids is 1. The number of nitrogens with zero attached hydrogens (tertiary/aromatic N) is 2. The molecule has 0 spiro atoms. The Kier molecular flexibility index (Phi) is 4.80. The van der Waals surface area contributed by atoms with Crippen LogP contribution in [0.2, 0.25) is 5.02 Å². The largest absolute Gasteiger partial charge is 0.417 e. The number of nitrogens with two attached hydrogens (primary N) is 1. The highest BCUT2D eigenvalue weighted by molar-refractivity contribution is 6.30. The van der Waals surface area contributed by atoms with E-state index in [0.29, 0.717) is 16.8 Å². The Labute approximate surface area is 122 Å². The maximum atomic E-state index is 12.6. The van der Waals surface area contributed by atoms with E-state index in [2.05, 4.69) is 6.58 Å². The highest BCUT2D eigenvalue weighted by Gasteiger charge is 2.32. The maximum absolute atomic E-state index is 12.6. The van der Waals surface area contributed by atoms with Crippen molar-refractivity contribution in [2.45, 2.75) is 12.7 Å². The second-order valence-corrected chi connectivity index (χ2v) is 4.52. The van der Waals surface area contributed by atoms with Crippen LogP contribution in [0.5, 0.6) is 0 Å². The Morgan fingerprint density at radius 1 is 1.57 bits per heavy atom. The quantitative estimate of drug-likeness (QED) is 0.914. The van der Waals surface area contributed by atoms with E-state index in [9.17, 15) is 22.8 Å². The number of Topliss-reactive ketones (excluding diaryl/α,β-unsaturated/α-hetero) is 1. The summed E-state index contributed by atoms with van der Waals surface area (Å²) < 4.78 is 38.4. The molecule has 0 saturated carbocycles. The van der Waals surface area contributed by atoms with Gasteiger partial charge in [-0.05, 0) is 6.07 Å². The summed E-state index contributed by atoms with van der Waals surface area (Å²) in [6.07, 6.45) is -4.27. The molecule has 2 N–H and O–H groups in total. The summed E-state index contributed by atoms with van der Waals surface area (Å²) in [5.41, 5.74) is 2.83. The molecule has 0 aliphatic carbocycles. The molecule has 0 amide bonds. The Morgan fingerprint density at radius 3 is 2.57 bits per heavy atom. The minimum atomic E-state index is -4.73. The first-order valence-electron chi connectivity index (χ1n) is 5.41. The lowest BCUT2D eigenvalue weighted by molar-refractivity contribution is -0.138. The van der Waals surface area contributed by atoms with Crippen LogP contribution in [-0.4, -0.2) is 10.4 Å². The summed E-state index contributed by atoms with van der Waals surface area (Å²) in [5, 5.41) is 8.06. The Morgan fingerprint density at radius 2 is 2.14 bits per heavy atom. The van der Waals surface area contributed by atoms with Crippen molar-refractivity contribution in [2.75, 3.05) is 0 Å². The van der Waals surface area contributed by atoms with E-state index >= 15 is 0 Å². The molecular formula is C12H9ClF3N3O2. The Bertz CT molecular complexity index is 688. The topological polar surface area (TPSA) is 88.9 Å². The van der Waals surface area contributed by atoms with Gasteiger partial charge in [0, 0.05) is 11.9 Å². The van der Waals surface area contributed by atoms with Crippen molar-refractivity contribution in [1.82, 2.24) is 4.57 Å². The number of nitriles is 1. The number of alkyl halides is 3. The number of pyridine rings is 1. The monoisotopic (exact) mass is 319 g/mol. The SMILES string of the molecule is C=C(N)[C@H](C#N)C(=O)Cn1cc(C(F)(F)F)cc(Cl)c1=O. The smallest absolute Gasteiger partial charge is 0.401 e. The van der Waals surface area contributed by atoms with Gasteiger partial charge < -0.3 is 10.3 Å². The van der Waals surface area contributed by atoms with Gasteiger partial charge >= 0.3 is 6.18 Å². The first-order chi connectivity index (χ1) is 9.57. The van der Waals surface area contributed by atoms with Gasteiger partial charge in [-0.2, -0.15) is 18.4 Å². The third kappa shape index (κ3) is 3.86. The van der Waals surface area contributed by atoms with Crippen molar-refractivity contribution in [1.29, 1.82) is 5.26 Å². The van der Waals surface area contributed by atoms with Crippen molar-refractivity contribution in [3.63, 3.8) is 0 Å². The van der Waals surface area contributed by atoms with E-state index in [0.717, 1.165) is 0 Å². The third-order valence-corrected chi connectivity index (χ3v) is 2.79. The summed E-state index contributed by atoms with van der Waals surface area (Å²) in [5.74, 6) is -2.27. The lowest BCUT2D eigenvalue weighted by atomic mass is 10.0. The average molecular weight is 320 g/mol. The van der Waals surface area contributed by atoms with Crippen molar-refractivity contribution in [3.8, 4) is 6.07 Å². The van der Waals surface area contributed by atoms with Crippen LogP contribution in [-0.2, 0) is 17.5 Å². The lowest BCUT2D eigenvalue weighted by Crippen LogP contribution is -2.30. The van der Waals surface area contributed by atoms with Crippen LogP contribution in [0.25, 0.3) is 0 Å². The average Bonchev–Trinajstić information content (AvgIpc) is 2.33. The molecule has 5 nitrogen and oxygen atoms in total. The van der Waals surface area contributed by atoms with Gasteiger partial charge in [-0.15, -0.1) is 0 Å². The molecule has 1 heterocycles. The van der Waals surface area contributed by atoms with Gasteiger partial charge in [0.2, 0.25) is 0 Å². The fourth-order valence-corrected chi connectivity index (χ4v) is 1.72. The summed E-state index contributed by atoms with van der Waals surface area (Å²) in [4.78, 5) is 23.4. The molecule has 1 atom stereocenters. The molecule has 0 saturated heterocycles. The normalized spacial score (nSPS) is 12.5. The van der Waals surface area contributed by atoms with Crippen LogP contribution in [0.15, 0.2) is 29.3 Å². The van der Waals surface area contributed by atoms with Gasteiger partial charge in [0.05, 0.1) is 18.2 Å². The number of aromatic nitrogens is 1. The van der Waals surface area contributed by atoms with E-state index in [-0.39, 0.29) is 5.70 Å². The molecule has 21 heavy (non-hydrogen) atoms. The maximum Gasteiger partial charge on any atom is 0.417 e. The lowest BCUT2D eigenvalue weighted by Gasteiger charge is -2.13. The standard InChI is InChI=1S/C12H9ClF3N3O2/c1-6(18)8(3-17)10(20)5-19-4-7(12(14,15)16)2-9(13)11(19)21/h2,4,8H,1,5,18H2/t8-/m0/s1. The zero-order valence-corrected chi connectivity index (χ0v) is 11.2. The van der Waals surface area contributed by atoms with Crippen molar-refractivity contribution in [3.05, 3.63) is 45.5 Å². The minimum Gasteiger partial charge on any atom is -0.401 e. The molecule has 0 fully saturated rings. The zero-order valence-electron chi connectivity index (χ0n) is 10.4.